The third kappa shape index (κ3) is 4.71. The number of benzene rings is 1. The predicted molar refractivity (Wildman–Crippen MR) is 83.3 cm³/mol. The summed E-state index contributed by atoms with van der Waals surface area (Å²) in [5.41, 5.74) is 6.06. The Labute approximate surface area is 123 Å². The Balaban J connectivity index is 1.65. The standard InChI is InChI=1S/C15H21FN2OS/c16-13-6-5-12(9-14(13)17)18-15(19)7-8-20-10-11-3-1-2-4-11/h5-6,9,11H,1-4,7-8,10,17H2,(H,18,19). The van der Waals surface area contributed by atoms with Gasteiger partial charge in [0.15, 0.2) is 0 Å². The molecule has 5 heteroatoms. The summed E-state index contributed by atoms with van der Waals surface area (Å²) in [5.74, 6) is 2.33. The van der Waals surface area contributed by atoms with Crippen LogP contribution in [0.25, 0.3) is 0 Å². The van der Waals surface area contributed by atoms with Crippen LogP contribution in [0.2, 0.25) is 0 Å². The van der Waals surface area contributed by atoms with Crippen LogP contribution < -0.4 is 11.1 Å². The molecule has 0 atom stereocenters. The second-order valence-corrected chi connectivity index (χ2v) is 6.41. The topological polar surface area (TPSA) is 55.1 Å². The molecule has 1 fully saturated rings. The van der Waals surface area contributed by atoms with Crippen LogP contribution in [0.5, 0.6) is 0 Å². The normalized spacial score (nSPS) is 15.4. The summed E-state index contributed by atoms with van der Waals surface area (Å²) in [6.07, 6.45) is 5.88. The fourth-order valence-corrected chi connectivity index (χ4v) is 3.60. The molecule has 1 aromatic rings. The van der Waals surface area contributed by atoms with Crippen LogP contribution >= 0.6 is 11.8 Å². The van der Waals surface area contributed by atoms with Gasteiger partial charge in [-0.25, -0.2) is 4.39 Å². The van der Waals surface area contributed by atoms with E-state index in [0.717, 1.165) is 17.4 Å². The summed E-state index contributed by atoms with van der Waals surface area (Å²) < 4.78 is 13.0. The van der Waals surface area contributed by atoms with Gasteiger partial charge in [-0.05, 0) is 42.7 Å². The molecule has 20 heavy (non-hydrogen) atoms. The van der Waals surface area contributed by atoms with Crippen LogP contribution in [-0.4, -0.2) is 17.4 Å². The van der Waals surface area contributed by atoms with E-state index in [1.807, 2.05) is 11.8 Å². The maximum Gasteiger partial charge on any atom is 0.225 e. The first kappa shape index (κ1) is 15.2. The first-order chi connectivity index (χ1) is 9.65. The smallest absolute Gasteiger partial charge is 0.225 e. The summed E-state index contributed by atoms with van der Waals surface area (Å²) >= 11 is 1.85. The van der Waals surface area contributed by atoms with E-state index in [1.165, 1.54) is 43.9 Å². The number of nitrogen functional groups attached to an aromatic ring is 1. The predicted octanol–water partition coefficient (Wildman–Crippen LogP) is 3.66. The SMILES string of the molecule is Nc1cc(NC(=O)CCSCC2CCCC2)ccc1F. The highest BCUT2D eigenvalue weighted by Crippen LogP contribution is 2.28. The summed E-state index contributed by atoms with van der Waals surface area (Å²) in [7, 11) is 0. The monoisotopic (exact) mass is 296 g/mol. The third-order valence-electron chi connectivity index (χ3n) is 3.58. The lowest BCUT2D eigenvalue weighted by atomic mass is 10.1. The highest BCUT2D eigenvalue weighted by atomic mass is 32.2. The minimum absolute atomic E-state index is 0.0464. The molecular formula is C15H21FN2OS. The second-order valence-electron chi connectivity index (χ2n) is 5.26. The first-order valence-electron chi connectivity index (χ1n) is 7.08. The van der Waals surface area contributed by atoms with Crippen molar-refractivity contribution in [2.75, 3.05) is 22.6 Å². The minimum atomic E-state index is -0.463. The van der Waals surface area contributed by atoms with Crippen molar-refractivity contribution >= 4 is 29.0 Å². The van der Waals surface area contributed by atoms with E-state index in [9.17, 15) is 9.18 Å². The Morgan fingerprint density at radius 3 is 2.85 bits per heavy atom. The van der Waals surface area contributed by atoms with E-state index >= 15 is 0 Å². The number of hydrogen-bond donors (Lipinski definition) is 2. The van der Waals surface area contributed by atoms with Crippen LogP contribution in [0, 0.1) is 11.7 Å². The van der Waals surface area contributed by atoms with Crippen molar-refractivity contribution in [1.82, 2.24) is 0 Å². The Bertz CT molecular complexity index is 461. The number of carbonyl (C=O) groups excluding carboxylic acids is 1. The fourth-order valence-electron chi connectivity index (χ4n) is 2.44. The zero-order valence-corrected chi connectivity index (χ0v) is 12.3. The van der Waals surface area contributed by atoms with Crippen molar-refractivity contribution < 1.29 is 9.18 Å². The van der Waals surface area contributed by atoms with Gasteiger partial charge in [-0.3, -0.25) is 4.79 Å². The van der Waals surface area contributed by atoms with E-state index in [0.29, 0.717) is 12.1 Å². The van der Waals surface area contributed by atoms with Gasteiger partial charge >= 0.3 is 0 Å². The molecule has 110 valence electrons. The van der Waals surface area contributed by atoms with Crippen LogP contribution in [0.4, 0.5) is 15.8 Å². The number of halogens is 1. The van der Waals surface area contributed by atoms with Crippen molar-refractivity contribution in [3.05, 3.63) is 24.0 Å². The molecular weight excluding hydrogens is 275 g/mol. The number of thioether (sulfide) groups is 1. The quantitative estimate of drug-likeness (QED) is 0.622. The lowest BCUT2D eigenvalue weighted by molar-refractivity contribution is -0.115. The molecule has 0 saturated heterocycles. The van der Waals surface area contributed by atoms with Gasteiger partial charge in [-0.15, -0.1) is 0 Å². The van der Waals surface area contributed by atoms with Crippen LogP contribution in [0.1, 0.15) is 32.1 Å². The highest BCUT2D eigenvalue weighted by molar-refractivity contribution is 7.99. The van der Waals surface area contributed by atoms with E-state index in [2.05, 4.69) is 5.32 Å². The van der Waals surface area contributed by atoms with Crippen LogP contribution in [0.15, 0.2) is 18.2 Å². The Morgan fingerprint density at radius 2 is 2.15 bits per heavy atom. The number of anilines is 2. The average molecular weight is 296 g/mol. The second kappa shape index (κ2) is 7.53. The fraction of sp³-hybridized carbons (Fsp3) is 0.533. The summed E-state index contributed by atoms with van der Waals surface area (Å²) in [4.78, 5) is 11.7. The number of nitrogens with two attached hydrogens (primary N) is 1. The average Bonchev–Trinajstić information content (AvgIpc) is 2.92. The van der Waals surface area contributed by atoms with Crippen molar-refractivity contribution in [3.63, 3.8) is 0 Å². The Kier molecular flexibility index (Phi) is 5.71. The molecule has 2 rings (SSSR count). The third-order valence-corrected chi connectivity index (χ3v) is 4.78. The lowest BCUT2D eigenvalue weighted by Gasteiger charge is -2.09. The number of carbonyl (C=O) groups is 1. The molecule has 3 nitrogen and oxygen atoms in total. The molecule has 0 aliphatic heterocycles. The van der Waals surface area contributed by atoms with E-state index < -0.39 is 5.82 Å². The van der Waals surface area contributed by atoms with E-state index in [1.54, 1.807) is 0 Å². The molecule has 3 N–H and O–H groups in total. The number of hydrogen-bond acceptors (Lipinski definition) is 3. The van der Waals surface area contributed by atoms with E-state index in [4.69, 9.17) is 5.73 Å². The van der Waals surface area contributed by atoms with Crippen LogP contribution in [-0.2, 0) is 4.79 Å². The van der Waals surface area contributed by atoms with Gasteiger partial charge in [-0.1, -0.05) is 12.8 Å². The van der Waals surface area contributed by atoms with Gasteiger partial charge in [0.1, 0.15) is 5.82 Å². The van der Waals surface area contributed by atoms with Crippen molar-refractivity contribution in [2.45, 2.75) is 32.1 Å². The van der Waals surface area contributed by atoms with Crippen LogP contribution in [0.3, 0.4) is 0 Å². The molecule has 0 radical (unpaired) electrons. The molecule has 1 amide bonds. The van der Waals surface area contributed by atoms with Crippen molar-refractivity contribution in [2.24, 2.45) is 5.92 Å². The van der Waals surface area contributed by atoms with Gasteiger partial charge in [0.25, 0.3) is 0 Å². The molecule has 0 heterocycles. The Morgan fingerprint density at radius 1 is 1.40 bits per heavy atom. The molecule has 1 aliphatic carbocycles. The summed E-state index contributed by atoms with van der Waals surface area (Å²) in [6, 6.07) is 4.23. The summed E-state index contributed by atoms with van der Waals surface area (Å²) in [5, 5.41) is 2.74. The minimum Gasteiger partial charge on any atom is -0.396 e. The van der Waals surface area contributed by atoms with E-state index in [-0.39, 0.29) is 11.6 Å². The largest absolute Gasteiger partial charge is 0.396 e. The maximum absolute atomic E-state index is 13.0. The number of nitrogens with one attached hydrogen (secondary N) is 1. The van der Waals surface area contributed by atoms with Gasteiger partial charge in [-0.2, -0.15) is 11.8 Å². The molecule has 0 unspecified atom stereocenters. The molecule has 0 spiro atoms. The van der Waals surface area contributed by atoms with Crippen molar-refractivity contribution in [1.29, 1.82) is 0 Å². The molecule has 1 saturated carbocycles. The van der Waals surface area contributed by atoms with Crippen molar-refractivity contribution in [3.8, 4) is 0 Å². The zero-order chi connectivity index (χ0) is 14.4. The summed E-state index contributed by atoms with van der Waals surface area (Å²) in [6.45, 7) is 0. The van der Waals surface area contributed by atoms with Gasteiger partial charge in [0.05, 0.1) is 5.69 Å². The zero-order valence-electron chi connectivity index (χ0n) is 11.5. The Hall–Kier alpha value is -1.23. The lowest BCUT2D eigenvalue weighted by Crippen LogP contribution is -2.13. The van der Waals surface area contributed by atoms with Gasteiger partial charge in [0, 0.05) is 17.9 Å². The molecule has 0 bridgehead atoms. The highest BCUT2D eigenvalue weighted by Gasteiger charge is 2.14. The molecule has 1 aliphatic rings. The van der Waals surface area contributed by atoms with Gasteiger partial charge < -0.3 is 11.1 Å². The first-order valence-corrected chi connectivity index (χ1v) is 8.23. The maximum atomic E-state index is 13.0. The molecule has 1 aromatic carbocycles. The van der Waals surface area contributed by atoms with Gasteiger partial charge in [0.2, 0.25) is 5.91 Å². The number of rotatable bonds is 6. The number of amides is 1. The molecule has 0 aromatic heterocycles.